The third kappa shape index (κ3) is 5.44. The smallest absolute Gasteiger partial charge is 0.191 e. The first-order valence-corrected chi connectivity index (χ1v) is 8.66. The zero-order chi connectivity index (χ0) is 17.0. The Bertz CT molecular complexity index is 699. The van der Waals surface area contributed by atoms with Crippen molar-refractivity contribution in [3.8, 4) is 0 Å². The molecule has 132 valence electrons. The van der Waals surface area contributed by atoms with Gasteiger partial charge in [-0.05, 0) is 51.3 Å². The minimum absolute atomic E-state index is 0. The van der Waals surface area contributed by atoms with Crippen LogP contribution < -0.4 is 10.6 Å². The van der Waals surface area contributed by atoms with Gasteiger partial charge in [-0.15, -0.1) is 35.3 Å². The highest BCUT2D eigenvalue weighted by molar-refractivity contribution is 14.0. The molecule has 0 radical (unpaired) electrons. The summed E-state index contributed by atoms with van der Waals surface area (Å²) in [5.41, 5.74) is 6.38. The van der Waals surface area contributed by atoms with Crippen molar-refractivity contribution >= 4 is 41.3 Å². The third-order valence-corrected chi connectivity index (χ3v) is 4.99. The van der Waals surface area contributed by atoms with Gasteiger partial charge in [-0.3, -0.25) is 4.99 Å². The Morgan fingerprint density at radius 1 is 1.04 bits per heavy atom. The number of nitrogens with one attached hydrogen (secondary N) is 2. The van der Waals surface area contributed by atoms with Crippen molar-refractivity contribution in [2.24, 2.45) is 4.99 Å². The minimum Gasteiger partial charge on any atom is -0.352 e. The molecule has 24 heavy (non-hydrogen) atoms. The van der Waals surface area contributed by atoms with Crippen LogP contribution in [-0.2, 0) is 13.1 Å². The van der Waals surface area contributed by atoms with Crippen LogP contribution in [0.1, 0.15) is 37.8 Å². The number of benzene rings is 1. The summed E-state index contributed by atoms with van der Waals surface area (Å²) in [4.78, 5) is 10.0. The average molecular weight is 458 g/mol. The number of hydrogen-bond donors (Lipinski definition) is 2. The number of hydrogen-bond acceptors (Lipinski definition) is 3. The second-order valence-electron chi connectivity index (χ2n) is 5.90. The Balaban J connectivity index is 0.00000288. The molecule has 1 heterocycles. The maximum Gasteiger partial charge on any atom is 0.191 e. The molecule has 4 nitrogen and oxygen atoms in total. The quantitative estimate of drug-likeness (QED) is 0.411. The largest absolute Gasteiger partial charge is 0.352 e. The van der Waals surface area contributed by atoms with E-state index in [-0.39, 0.29) is 24.0 Å². The van der Waals surface area contributed by atoms with E-state index in [1.54, 1.807) is 18.4 Å². The molecule has 0 aliphatic carbocycles. The Hall–Kier alpha value is -1.15. The molecule has 0 bridgehead atoms. The zero-order valence-corrected chi connectivity index (χ0v) is 18.4. The summed E-state index contributed by atoms with van der Waals surface area (Å²) < 4.78 is 0. The number of halogens is 1. The number of aromatic nitrogens is 1. The summed E-state index contributed by atoms with van der Waals surface area (Å²) in [5, 5.41) is 7.88. The van der Waals surface area contributed by atoms with Crippen LogP contribution in [0.15, 0.2) is 17.1 Å². The predicted molar refractivity (Wildman–Crippen MR) is 115 cm³/mol. The molecule has 0 atom stereocenters. The Kier molecular flexibility index (Phi) is 8.15. The Morgan fingerprint density at radius 3 is 2.12 bits per heavy atom. The van der Waals surface area contributed by atoms with Gasteiger partial charge in [0.1, 0.15) is 0 Å². The van der Waals surface area contributed by atoms with E-state index < -0.39 is 0 Å². The highest BCUT2D eigenvalue weighted by Gasteiger charge is 2.07. The lowest BCUT2D eigenvalue weighted by Gasteiger charge is -2.15. The highest BCUT2D eigenvalue weighted by Crippen LogP contribution is 2.17. The monoisotopic (exact) mass is 458 g/mol. The molecule has 2 rings (SSSR count). The average Bonchev–Trinajstić information content (AvgIpc) is 2.79. The number of aryl methyl sites for hydroxylation is 5. The van der Waals surface area contributed by atoms with Gasteiger partial charge in [-0.25, -0.2) is 4.98 Å². The lowest BCUT2D eigenvalue weighted by atomic mass is 10.00. The van der Waals surface area contributed by atoms with Crippen LogP contribution in [0.3, 0.4) is 0 Å². The van der Waals surface area contributed by atoms with Gasteiger partial charge < -0.3 is 10.6 Å². The molecule has 0 fully saturated rings. The van der Waals surface area contributed by atoms with E-state index in [2.05, 4.69) is 60.4 Å². The van der Waals surface area contributed by atoms with E-state index in [4.69, 9.17) is 0 Å². The van der Waals surface area contributed by atoms with Gasteiger partial charge in [0.2, 0.25) is 0 Å². The maximum atomic E-state index is 4.46. The zero-order valence-electron chi connectivity index (χ0n) is 15.3. The van der Waals surface area contributed by atoms with Crippen molar-refractivity contribution in [1.29, 1.82) is 0 Å². The summed E-state index contributed by atoms with van der Waals surface area (Å²) in [6, 6.07) is 4.45. The normalized spacial score (nSPS) is 11.2. The van der Waals surface area contributed by atoms with Gasteiger partial charge >= 0.3 is 0 Å². The number of rotatable bonds is 4. The lowest BCUT2D eigenvalue weighted by Crippen LogP contribution is -2.36. The van der Waals surface area contributed by atoms with Crippen molar-refractivity contribution < 1.29 is 0 Å². The van der Waals surface area contributed by atoms with E-state index in [1.165, 1.54) is 27.1 Å². The second kappa shape index (κ2) is 9.36. The molecular weight excluding hydrogens is 431 g/mol. The van der Waals surface area contributed by atoms with E-state index in [9.17, 15) is 0 Å². The lowest BCUT2D eigenvalue weighted by molar-refractivity contribution is 0.805. The Morgan fingerprint density at radius 2 is 1.62 bits per heavy atom. The molecule has 0 saturated carbocycles. The first-order valence-electron chi connectivity index (χ1n) is 7.85. The number of thiazole rings is 1. The van der Waals surface area contributed by atoms with E-state index in [0.717, 1.165) is 29.8 Å². The molecule has 2 aromatic rings. The van der Waals surface area contributed by atoms with Crippen LogP contribution >= 0.6 is 35.3 Å². The predicted octanol–water partition coefficient (Wildman–Crippen LogP) is 4.17. The molecule has 0 unspecified atom stereocenters. The van der Waals surface area contributed by atoms with Crippen LogP contribution in [0.2, 0.25) is 0 Å². The van der Waals surface area contributed by atoms with Crippen molar-refractivity contribution in [1.82, 2.24) is 15.6 Å². The number of nitrogens with zero attached hydrogens (tertiary/aromatic N) is 2. The van der Waals surface area contributed by atoms with Crippen LogP contribution in [0.25, 0.3) is 0 Å². The van der Waals surface area contributed by atoms with Gasteiger partial charge in [0.05, 0.1) is 17.2 Å². The minimum atomic E-state index is 0. The SMILES string of the molecule is CN=C(NCc1sc(C)nc1C)NCc1c(C)cc(C)cc1C.I. The topological polar surface area (TPSA) is 49.3 Å². The standard InChI is InChI=1S/C18H26N4S.HI/c1-11-7-12(2)16(13(3)8-11)9-20-18(19-6)21-10-17-14(4)22-15(5)23-17;/h7-8H,9-10H2,1-6H3,(H2,19,20,21);1H. The van der Waals surface area contributed by atoms with Gasteiger partial charge in [0, 0.05) is 18.5 Å². The molecule has 6 heteroatoms. The second-order valence-corrected chi connectivity index (χ2v) is 7.19. The van der Waals surface area contributed by atoms with Crippen LogP contribution in [0.4, 0.5) is 0 Å². The molecule has 0 aliphatic rings. The fraction of sp³-hybridized carbons (Fsp3) is 0.444. The van der Waals surface area contributed by atoms with Gasteiger partial charge in [-0.1, -0.05) is 17.7 Å². The third-order valence-electron chi connectivity index (χ3n) is 3.91. The van der Waals surface area contributed by atoms with Gasteiger partial charge in [0.25, 0.3) is 0 Å². The molecule has 1 aromatic heterocycles. The molecule has 2 N–H and O–H groups in total. The van der Waals surface area contributed by atoms with Crippen molar-refractivity contribution in [2.75, 3.05) is 7.05 Å². The number of guanidine groups is 1. The molecule has 0 aliphatic heterocycles. The summed E-state index contributed by atoms with van der Waals surface area (Å²) >= 11 is 1.73. The fourth-order valence-corrected chi connectivity index (χ4v) is 3.66. The molecule has 0 saturated heterocycles. The van der Waals surface area contributed by atoms with E-state index in [1.807, 2.05) is 6.92 Å². The summed E-state index contributed by atoms with van der Waals surface area (Å²) in [6.07, 6.45) is 0. The van der Waals surface area contributed by atoms with Crippen molar-refractivity contribution in [3.63, 3.8) is 0 Å². The molecular formula is C18H27IN4S. The Labute approximate surface area is 166 Å². The molecule has 1 aromatic carbocycles. The molecule has 0 spiro atoms. The van der Waals surface area contributed by atoms with Crippen LogP contribution in [0, 0.1) is 34.6 Å². The maximum absolute atomic E-state index is 4.46. The van der Waals surface area contributed by atoms with Crippen molar-refractivity contribution in [3.05, 3.63) is 50.0 Å². The van der Waals surface area contributed by atoms with Gasteiger partial charge in [0.15, 0.2) is 5.96 Å². The summed E-state index contributed by atoms with van der Waals surface area (Å²) in [5.74, 6) is 0.815. The number of aliphatic imine (C=N–C) groups is 1. The van der Waals surface area contributed by atoms with Crippen molar-refractivity contribution in [2.45, 2.75) is 47.7 Å². The first kappa shape index (κ1) is 20.9. The molecule has 0 amide bonds. The van der Waals surface area contributed by atoms with Crippen LogP contribution in [0.5, 0.6) is 0 Å². The van der Waals surface area contributed by atoms with Crippen LogP contribution in [-0.4, -0.2) is 18.0 Å². The van der Waals surface area contributed by atoms with E-state index in [0.29, 0.717) is 0 Å². The summed E-state index contributed by atoms with van der Waals surface area (Å²) in [7, 11) is 1.80. The fourth-order valence-electron chi connectivity index (χ4n) is 2.78. The van der Waals surface area contributed by atoms with E-state index >= 15 is 0 Å². The highest BCUT2D eigenvalue weighted by atomic mass is 127. The summed E-state index contributed by atoms with van der Waals surface area (Å²) in [6.45, 7) is 12.1. The van der Waals surface area contributed by atoms with Gasteiger partial charge in [-0.2, -0.15) is 0 Å². The first-order chi connectivity index (χ1) is 10.9.